The molecule has 0 heterocycles. The smallest absolute Gasteiger partial charge is 0.0286 e. The average Bonchev–Trinajstić information content (AvgIpc) is 2.44. The maximum absolute atomic E-state index is 2.57. The van der Waals surface area contributed by atoms with E-state index < -0.39 is 0 Å². The summed E-state index contributed by atoms with van der Waals surface area (Å²) in [7, 11) is 0. The SMILES string of the molecule is CCCC1=CCC(C)C(C(CC)C2CCCCC2)C1. The van der Waals surface area contributed by atoms with Crippen LogP contribution in [0.25, 0.3) is 0 Å². The summed E-state index contributed by atoms with van der Waals surface area (Å²) in [4.78, 5) is 0. The number of rotatable bonds is 5. The van der Waals surface area contributed by atoms with Gasteiger partial charge in [0.2, 0.25) is 0 Å². The molecule has 2 aliphatic rings. The van der Waals surface area contributed by atoms with Gasteiger partial charge < -0.3 is 0 Å². The van der Waals surface area contributed by atoms with Gasteiger partial charge in [-0.15, -0.1) is 0 Å². The Morgan fingerprint density at radius 1 is 1.16 bits per heavy atom. The molecule has 0 radical (unpaired) electrons. The van der Waals surface area contributed by atoms with Crippen LogP contribution < -0.4 is 0 Å². The third-order valence-corrected chi connectivity index (χ3v) is 5.85. The molecular formula is C19H34. The largest absolute Gasteiger partial charge is 0.0850 e. The van der Waals surface area contributed by atoms with Gasteiger partial charge in [-0.05, 0) is 42.9 Å². The second kappa shape index (κ2) is 7.50. The van der Waals surface area contributed by atoms with Crippen molar-refractivity contribution in [2.45, 2.75) is 85.0 Å². The average molecular weight is 262 g/mol. The molecule has 19 heavy (non-hydrogen) atoms. The first-order valence-corrected chi connectivity index (χ1v) is 8.94. The van der Waals surface area contributed by atoms with Gasteiger partial charge in [-0.2, -0.15) is 0 Å². The van der Waals surface area contributed by atoms with Gasteiger partial charge in [0.1, 0.15) is 0 Å². The quantitative estimate of drug-likeness (QED) is 0.505. The molecule has 0 aliphatic heterocycles. The van der Waals surface area contributed by atoms with Crippen LogP contribution in [0.1, 0.15) is 85.0 Å². The molecule has 2 rings (SSSR count). The van der Waals surface area contributed by atoms with E-state index in [-0.39, 0.29) is 0 Å². The highest BCUT2D eigenvalue weighted by molar-refractivity contribution is 5.09. The second-order valence-electron chi connectivity index (χ2n) is 7.16. The Bertz CT molecular complexity index is 282. The van der Waals surface area contributed by atoms with Crippen molar-refractivity contribution in [2.24, 2.45) is 23.7 Å². The van der Waals surface area contributed by atoms with E-state index in [0.29, 0.717) is 0 Å². The van der Waals surface area contributed by atoms with E-state index in [9.17, 15) is 0 Å². The van der Waals surface area contributed by atoms with Crippen molar-refractivity contribution in [3.63, 3.8) is 0 Å². The first-order valence-electron chi connectivity index (χ1n) is 8.94. The Morgan fingerprint density at radius 3 is 2.53 bits per heavy atom. The van der Waals surface area contributed by atoms with Gasteiger partial charge in [0, 0.05) is 0 Å². The van der Waals surface area contributed by atoms with Crippen LogP contribution in [-0.4, -0.2) is 0 Å². The molecule has 0 spiro atoms. The molecule has 0 nitrogen and oxygen atoms in total. The summed E-state index contributed by atoms with van der Waals surface area (Å²) >= 11 is 0. The number of hydrogen-bond donors (Lipinski definition) is 0. The fourth-order valence-corrected chi connectivity index (χ4v) is 4.76. The summed E-state index contributed by atoms with van der Waals surface area (Å²) in [5, 5.41) is 0. The van der Waals surface area contributed by atoms with E-state index in [0.717, 1.165) is 23.7 Å². The molecule has 0 N–H and O–H groups in total. The number of allylic oxidation sites excluding steroid dienone is 2. The fourth-order valence-electron chi connectivity index (χ4n) is 4.76. The van der Waals surface area contributed by atoms with Crippen LogP contribution in [0, 0.1) is 23.7 Å². The molecule has 3 unspecified atom stereocenters. The minimum Gasteiger partial charge on any atom is -0.0850 e. The zero-order chi connectivity index (χ0) is 13.7. The van der Waals surface area contributed by atoms with E-state index in [1.54, 1.807) is 5.57 Å². The van der Waals surface area contributed by atoms with Gasteiger partial charge in [-0.1, -0.05) is 77.4 Å². The maximum atomic E-state index is 2.57. The maximum Gasteiger partial charge on any atom is -0.0286 e. The predicted molar refractivity (Wildman–Crippen MR) is 85.2 cm³/mol. The van der Waals surface area contributed by atoms with Crippen molar-refractivity contribution < 1.29 is 0 Å². The minimum atomic E-state index is 0.924. The molecule has 1 fully saturated rings. The van der Waals surface area contributed by atoms with Crippen molar-refractivity contribution in [2.75, 3.05) is 0 Å². The molecule has 0 aromatic heterocycles. The summed E-state index contributed by atoms with van der Waals surface area (Å²) in [6, 6.07) is 0. The third kappa shape index (κ3) is 3.86. The highest BCUT2D eigenvalue weighted by Gasteiger charge is 2.33. The monoisotopic (exact) mass is 262 g/mol. The van der Waals surface area contributed by atoms with Crippen molar-refractivity contribution in [3.05, 3.63) is 11.6 Å². The van der Waals surface area contributed by atoms with Gasteiger partial charge >= 0.3 is 0 Å². The zero-order valence-electron chi connectivity index (χ0n) is 13.5. The van der Waals surface area contributed by atoms with Crippen LogP contribution in [0.4, 0.5) is 0 Å². The second-order valence-corrected chi connectivity index (χ2v) is 7.16. The first-order chi connectivity index (χ1) is 9.26. The Morgan fingerprint density at radius 2 is 1.89 bits per heavy atom. The van der Waals surface area contributed by atoms with Crippen molar-refractivity contribution >= 4 is 0 Å². The summed E-state index contributed by atoms with van der Waals surface area (Å²) in [5.41, 5.74) is 1.78. The van der Waals surface area contributed by atoms with Crippen LogP contribution in [0.2, 0.25) is 0 Å². The van der Waals surface area contributed by atoms with Crippen LogP contribution >= 0.6 is 0 Å². The van der Waals surface area contributed by atoms with Crippen molar-refractivity contribution in [1.29, 1.82) is 0 Å². The van der Waals surface area contributed by atoms with Crippen LogP contribution in [-0.2, 0) is 0 Å². The lowest BCUT2D eigenvalue weighted by molar-refractivity contribution is 0.125. The Labute approximate surface area is 121 Å². The Balaban J connectivity index is 2.02. The fraction of sp³-hybridized carbons (Fsp3) is 0.895. The molecule has 2 aliphatic carbocycles. The van der Waals surface area contributed by atoms with E-state index in [2.05, 4.69) is 26.8 Å². The standard InChI is InChI=1S/C19H34/c1-4-9-16-13-12-15(3)19(14-16)18(5-2)17-10-7-6-8-11-17/h13,15,17-19H,4-12,14H2,1-3H3. The summed E-state index contributed by atoms with van der Waals surface area (Å²) in [6.07, 6.45) is 17.0. The molecule has 110 valence electrons. The third-order valence-electron chi connectivity index (χ3n) is 5.85. The topological polar surface area (TPSA) is 0 Å². The van der Waals surface area contributed by atoms with Crippen LogP contribution in [0.3, 0.4) is 0 Å². The Hall–Kier alpha value is -0.260. The molecule has 0 bridgehead atoms. The van der Waals surface area contributed by atoms with Gasteiger partial charge in [-0.3, -0.25) is 0 Å². The molecule has 0 aromatic carbocycles. The van der Waals surface area contributed by atoms with Crippen LogP contribution in [0.15, 0.2) is 11.6 Å². The van der Waals surface area contributed by atoms with Gasteiger partial charge in [-0.25, -0.2) is 0 Å². The Kier molecular flexibility index (Phi) is 5.98. The van der Waals surface area contributed by atoms with Crippen molar-refractivity contribution in [1.82, 2.24) is 0 Å². The lowest BCUT2D eigenvalue weighted by atomic mass is 9.65. The number of hydrogen-bond acceptors (Lipinski definition) is 0. The molecule has 0 heteroatoms. The van der Waals surface area contributed by atoms with E-state index >= 15 is 0 Å². The van der Waals surface area contributed by atoms with Gasteiger partial charge in [0.05, 0.1) is 0 Å². The van der Waals surface area contributed by atoms with Gasteiger partial charge in [0.25, 0.3) is 0 Å². The lowest BCUT2D eigenvalue weighted by Crippen LogP contribution is -2.31. The van der Waals surface area contributed by atoms with Crippen molar-refractivity contribution in [3.8, 4) is 0 Å². The van der Waals surface area contributed by atoms with Gasteiger partial charge in [0.15, 0.2) is 0 Å². The molecule has 1 saturated carbocycles. The summed E-state index contributed by atoms with van der Waals surface area (Å²) in [6.45, 7) is 7.28. The highest BCUT2D eigenvalue weighted by atomic mass is 14.4. The predicted octanol–water partition coefficient (Wildman–Crippen LogP) is 6.37. The molecule has 3 atom stereocenters. The minimum absolute atomic E-state index is 0.924. The van der Waals surface area contributed by atoms with E-state index in [4.69, 9.17) is 0 Å². The summed E-state index contributed by atoms with van der Waals surface area (Å²) < 4.78 is 0. The molecule has 0 aromatic rings. The molecular weight excluding hydrogens is 228 g/mol. The zero-order valence-corrected chi connectivity index (χ0v) is 13.5. The molecule has 0 amide bonds. The van der Waals surface area contributed by atoms with Crippen LogP contribution in [0.5, 0.6) is 0 Å². The highest BCUT2D eigenvalue weighted by Crippen LogP contribution is 2.44. The first kappa shape index (κ1) is 15.1. The lowest BCUT2D eigenvalue weighted by Gasteiger charge is -2.40. The molecule has 0 saturated heterocycles. The van der Waals surface area contributed by atoms with E-state index in [1.807, 2.05) is 0 Å². The van der Waals surface area contributed by atoms with E-state index in [1.165, 1.54) is 64.2 Å². The summed E-state index contributed by atoms with van der Waals surface area (Å²) in [5.74, 6) is 3.97. The normalized spacial score (nSPS) is 31.0.